The molecule has 0 aliphatic heterocycles. The van der Waals surface area contributed by atoms with Gasteiger partial charge in [-0.2, -0.15) is 0 Å². The lowest BCUT2D eigenvalue weighted by molar-refractivity contribution is 0.173. The lowest BCUT2D eigenvalue weighted by Gasteiger charge is -2.15. The fraction of sp³-hybridized carbons (Fsp3) is 0.375. The van der Waals surface area contributed by atoms with Crippen LogP contribution >= 0.6 is 0 Å². The zero-order valence-electron chi connectivity index (χ0n) is 11.7. The van der Waals surface area contributed by atoms with E-state index < -0.39 is 0 Å². The molecule has 3 nitrogen and oxygen atoms in total. The largest absolute Gasteiger partial charge is 0.497 e. The molecule has 3 heteroatoms. The quantitative estimate of drug-likeness (QED) is 0.891. The lowest BCUT2D eigenvalue weighted by Crippen LogP contribution is -2.04. The van der Waals surface area contributed by atoms with Gasteiger partial charge in [0, 0.05) is 12.4 Å². The van der Waals surface area contributed by atoms with Crippen molar-refractivity contribution in [1.29, 1.82) is 0 Å². The first-order valence-corrected chi connectivity index (χ1v) is 6.65. The van der Waals surface area contributed by atoms with Gasteiger partial charge in [-0.05, 0) is 42.7 Å². The molecule has 0 spiro atoms. The Bertz CT molecular complexity index is 516. The highest BCUT2D eigenvalue weighted by molar-refractivity contribution is 5.30. The summed E-state index contributed by atoms with van der Waals surface area (Å²) in [5.74, 6) is 0.866. The Morgan fingerprint density at radius 2 is 1.84 bits per heavy atom. The molecule has 1 aromatic heterocycles. The van der Waals surface area contributed by atoms with E-state index >= 15 is 0 Å². The van der Waals surface area contributed by atoms with Gasteiger partial charge in [-0.3, -0.25) is 0 Å². The van der Waals surface area contributed by atoms with Crippen LogP contribution in [-0.4, -0.2) is 16.8 Å². The molecule has 2 rings (SSSR count). The van der Waals surface area contributed by atoms with E-state index in [1.54, 1.807) is 7.11 Å². The monoisotopic (exact) mass is 259 g/mol. The Labute approximate surface area is 114 Å². The van der Waals surface area contributed by atoms with Crippen molar-refractivity contribution in [3.8, 4) is 5.75 Å². The van der Waals surface area contributed by atoms with Crippen molar-refractivity contribution in [3.63, 3.8) is 0 Å². The number of nitrogens with zero attached hydrogens (tertiary/aromatic N) is 1. The van der Waals surface area contributed by atoms with Crippen molar-refractivity contribution in [3.05, 3.63) is 53.9 Å². The molecule has 1 aromatic carbocycles. The van der Waals surface area contributed by atoms with E-state index in [0.717, 1.165) is 17.7 Å². The minimum absolute atomic E-state index is 0.240. The van der Waals surface area contributed by atoms with Crippen LogP contribution in [0.2, 0.25) is 0 Å². The maximum atomic E-state index is 9.83. The van der Waals surface area contributed by atoms with Gasteiger partial charge in [-0.25, -0.2) is 0 Å². The van der Waals surface area contributed by atoms with Crippen LogP contribution in [0.1, 0.15) is 43.5 Å². The number of benzene rings is 1. The number of aliphatic hydroxyl groups excluding tert-OH is 1. The van der Waals surface area contributed by atoms with Gasteiger partial charge in [-0.1, -0.05) is 19.1 Å². The van der Waals surface area contributed by atoms with Crippen LogP contribution in [0.5, 0.6) is 5.75 Å². The van der Waals surface area contributed by atoms with Crippen molar-refractivity contribution < 1.29 is 9.84 Å². The molecule has 0 bridgehead atoms. The second kappa shape index (κ2) is 5.93. The second-order valence-electron chi connectivity index (χ2n) is 4.77. The van der Waals surface area contributed by atoms with Gasteiger partial charge in [0.25, 0.3) is 0 Å². The summed E-state index contributed by atoms with van der Waals surface area (Å²) in [5.41, 5.74) is 2.19. The van der Waals surface area contributed by atoms with Crippen LogP contribution in [0, 0.1) is 0 Å². The molecular formula is C16H21NO2. The SMILES string of the molecule is CC[C@@H](O)c1ccn([C@H](C)c2ccc(OC)cc2)c1. The number of ether oxygens (including phenoxy) is 1. The Hall–Kier alpha value is -1.74. The number of rotatable bonds is 5. The molecule has 2 atom stereocenters. The molecule has 1 N–H and O–H groups in total. The summed E-state index contributed by atoms with van der Waals surface area (Å²) in [6.07, 6.45) is 4.40. The van der Waals surface area contributed by atoms with Crippen LogP contribution in [0.4, 0.5) is 0 Å². The van der Waals surface area contributed by atoms with Gasteiger partial charge < -0.3 is 14.4 Å². The fourth-order valence-corrected chi connectivity index (χ4v) is 2.16. The van der Waals surface area contributed by atoms with Gasteiger partial charge in [0.1, 0.15) is 5.75 Å². The van der Waals surface area contributed by atoms with E-state index in [2.05, 4.69) is 23.6 Å². The number of hydrogen-bond donors (Lipinski definition) is 1. The number of methoxy groups -OCH3 is 1. The van der Waals surface area contributed by atoms with Crippen LogP contribution < -0.4 is 4.74 Å². The first-order valence-electron chi connectivity index (χ1n) is 6.65. The molecule has 0 amide bonds. The summed E-state index contributed by atoms with van der Waals surface area (Å²) >= 11 is 0. The Morgan fingerprint density at radius 3 is 2.42 bits per heavy atom. The third-order valence-electron chi connectivity index (χ3n) is 3.55. The Kier molecular flexibility index (Phi) is 4.27. The highest BCUT2D eigenvalue weighted by atomic mass is 16.5. The van der Waals surface area contributed by atoms with Gasteiger partial charge in [-0.15, -0.1) is 0 Å². The molecule has 0 saturated heterocycles. The smallest absolute Gasteiger partial charge is 0.118 e. The highest BCUT2D eigenvalue weighted by Gasteiger charge is 2.11. The van der Waals surface area contributed by atoms with Gasteiger partial charge in [0.2, 0.25) is 0 Å². The molecule has 2 aromatic rings. The average Bonchev–Trinajstić information content (AvgIpc) is 2.95. The second-order valence-corrected chi connectivity index (χ2v) is 4.77. The van der Waals surface area contributed by atoms with Crippen molar-refractivity contribution in [2.45, 2.75) is 32.4 Å². The third kappa shape index (κ3) is 2.99. The summed E-state index contributed by atoms with van der Waals surface area (Å²) in [6.45, 7) is 4.12. The van der Waals surface area contributed by atoms with Crippen LogP contribution in [-0.2, 0) is 0 Å². The van der Waals surface area contributed by atoms with Gasteiger partial charge >= 0.3 is 0 Å². The molecule has 0 aliphatic rings. The summed E-state index contributed by atoms with van der Waals surface area (Å²) in [6, 6.07) is 10.3. The average molecular weight is 259 g/mol. The molecule has 102 valence electrons. The summed E-state index contributed by atoms with van der Waals surface area (Å²) in [5, 5.41) is 9.83. The predicted octanol–water partition coefficient (Wildman–Crippen LogP) is 3.55. The summed E-state index contributed by atoms with van der Waals surface area (Å²) < 4.78 is 7.29. The van der Waals surface area contributed by atoms with Crippen molar-refractivity contribution in [1.82, 2.24) is 4.57 Å². The third-order valence-corrected chi connectivity index (χ3v) is 3.55. The van der Waals surface area contributed by atoms with Crippen LogP contribution in [0.25, 0.3) is 0 Å². The molecule has 0 unspecified atom stereocenters. The molecule has 0 aliphatic carbocycles. The molecular weight excluding hydrogens is 238 g/mol. The fourth-order valence-electron chi connectivity index (χ4n) is 2.16. The Balaban J connectivity index is 2.18. The maximum absolute atomic E-state index is 9.83. The summed E-state index contributed by atoms with van der Waals surface area (Å²) in [4.78, 5) is 0. The van der Waals surface area contributed by atoms with E-state index in [1.807, 2.05) is 37.5 Å². The van der Waals surface area contributed by atoms with Gasteiger partial charge in [0.15, 0.2) is 0 Å². The predicted molar refractivity (Wildman–Crippen MR) is 76.5 cm³/mol. The first-order chi connectivity index (χ1) is 9.15. The van der Waals surface area contributed by atoms with E-state index in [4.69, 9.17) is 4.74 Å². The van der Waals surface area contributed by atoms with E-state index in [1.165, 1.54) is 5.56 Å². The topological polar surface area (TPSA) is 34.4 Å². The molecule has 19 heavy (non-hydrogen) atoms. The zero-order valence-corrected chi connectivity index (χ0v) is 11.7. The highest BCUT2D eigenvalue weighted by Crippen LogP contribution is 2.24. The first kappa shape index (κ1) is 13.7. The summed E-state index contributed by atoms with van der Waals surface area (Å²) in [7, 11) is 1.67. The van der Waals surface area contributed by atoms with E-state index in [9.17, 15) is 5.11 Å². The molecule has 0 radical (unpaired) electrons. The Morgan fingerprint density at radius 1 is 1.16 bits per heavy atom. The van der Waals surface area contributed by atoms with E-state index in [0.29, 0.717) is 0 Å². The minimum Gasteiger partial charge on any atom is -0.497 e. The molecule has 0 saturated carbocycles. The van der Waals surface area contributed by atoms with Crippen molar-refractivity contribution in [2.24, 2.45) is 0 Å². The van der Waals surface area contributed by atoms with Crippen molar-refractivity contribution in [2.75, 3.05) is 7.11 Å². The number of aliphatic hydroxyl groups is 1. The van der Waals surface area contributed by atoms with Crippen LogP contribution in [0.15, 0.2) is 42.7 Å². The van der Waals surface area contributed by atoms with Gasteiger partial charge in [0.05, 0.1) is 19.3 Å². The lowest BCUT2D eigenvalue weighted by atomic mass is 10.1. The molecule has 0 fully saturated rings. The number of hydrogen-bond acceptors (Lipinski definition) is 2. The standard InChI is InChI=1S/C16H21NO2/c1-4-16(18)14-9-10-17(11-14)12(2)13-5-7-15(19-3)8-6-13/h5-12,16,18H,4H2,1-3H3/t12-,16-/m1/s1. The number of aromatic nitrogens is 1. The normalized spacial score (nSPS) is 14.1. The van der Waals surface area contributed by atoms with Crippen LogP contribution in [0.3, 0.4) is 0 Å². The molecule has 1 heterocycles. The maximum Gasteiger partial charge on any atom is 0.118 e. The minimum atomic E-state index is -0.371. The zero-order chi connectivity index (χ0) is 13.8. The van der Waals surface area contributed by atoms with Crippen molar-refractivity contribution >= 4 is 0 Å². The van der Waals surface area contributed by atoms with E-state index in [-0.39, 0.29) is 12.1 Å².